The van der Waals surface area contributed by atoms with Crippen LogP contribution in [0.5, 0.6) is 0 Å². The highest BCUT2D eigenvalue weighted by Gasteiger charge is 2.36. The van der Waals surface area contributed by atoms with Crippen LogP contribution in [0.4, 0.5) is 17.6 Å². The van der Waals surface area contributed by atoms with Crippen LogP contribution in [0.1, 0.15) is 46.5 Å². The minimum atomic E-state index is -0.519. The second-order valence-electron chi connectivity index (χ2n) is 12.8. The van der Waals surface area contributed by atoms with Crippen molar-refractivity contribution in [1.82, 2.24) is 19.9 Å². The number of ether oxygens (including phenoxy) is 1. The Morgan fingerprint density at radius 1 is 0.449 bits per heavy atom. The number of benzene rings is 4. The lowest BCUT2D eigenvalue weighted by Gasteiger charge is -2.35. The molecule has 49 heavy (non-hydrogen) atoms. The van der Waals surface area contributed by atoms with Gasteiger partial charge in [0.25, 0.3) is 0 Å². The van der Waals surface area contributed by atoms with Crippen LogP contribution in [-0.4, -0.2) is 33.1 Å². The van der Waals surface area contributed by atoms with Crippen LogP contribution >= 0.6 is 0 Å². The zero-order valence-corrected chi connectivity index (χ0v) is 27.0. The summed E-state index contributed by atoms with van der Waals surface area (Å²) in [6.07, 6.45) is 10.4. The SMILES string of the molecule is Fc1ccc(CC(CCOCCC(Cc2ccc(F)cc2)(Cc2ccc(F)cc2)c2cnc[nH]2)(Cc2ccc(F)cc2)c2cnc[nH]2)cc1. The molecule has 2 heterocycles. The Bertz CT molecular complexity index is 1620. The molecule has 0 radical (unpaired) electrons. The van der Waals surface area contributed by atoms with Crippen molar-refractivity contribution in [2.45, 2.75) is 49.4 Å². The fraction of sp³-hybridized carbons (Fsp3) is 0.250. The zero-order valence-electron chi connectivity index (χ0n) is 27.0. The predicted octanol–water partition coefficient (Wildman–Crippen LogP) is 8.63. The molecule has 0 fully saturated rings. The highest BCUT2D eigenvalue weighted by atomic mass is 19.1. The number of nitrogens with one attached hydrogen (secondary N) is 2. The number of hydrogen-bond donors (Lipinski definition) is 2. The lowest BCUT2D eigenvalue weighted by Crippen LogP contribution is -2.35. The van der Waals surface area contributed by atoms with Gasteiger partial charge in [-0.3, -0.25) is 0 Å². The molecule has 2 aromatic heterocycles. The third-order valence-electron chi connectivity index (χ3n) is 9.41. The molecule has 0 amide bonds. The summed E-state index contributed by atoms with van der Waals surface area (Å²) in [5.41, 5.74) is 4.59. The van der Waals surface area contributed by atoms with Gasteiger partial charge in [-0.25, -0.2) is 27.5 Å². The smallest absolute Gasteiger partial charge is 0.123 e. The number of nitrogens with zero attached hydrogens (tertiary/aromatic N) is 2. The molecule has 0 saturated carbocycles. The van der Waals surface area contributed by atoms with Crippen LogP contribution in [0.15, 0.2) is 122 Å². The molecular formula is C40H38F4N4O. The van der Waals surface area contributed by atoms with Crippen LogP contribution in [0.3, 0.4) is 0 Å². The predicted molar refractivity (Wildman–Crippen MR) is 181 cm³/mol. The Kier molecular flexibility index (Phi) is 10.7. The summed E-state index contributed by atoms with van der Waals surface area (Å²) < 4.78 is 61.9. The minimum absolute atomic E-state index is 0.306. The average molecular weight is 667 g/mol. The van der Waals surface area contributed by atoms with Gasteiger partial charge in [-0.05, 0) is 109 Å². The Labute approximate surface area is 283 Å². The van der Waals surface area contributed by atoms with Gasteiger partial charge in [0, 0.05) is 47.8 Å². The first-order chi connectivity index (χ1) is 23.8. The summed E-state index contributed by atoms with van der Waals surface area (Å²) in [6, 6.07) is 26.0. The number of H-pyrrole nitrogens is 2. The van der Waals surface area contributed by atoms with Gasteiger partial charge in [-0.15, -0.1) is 0 Å². The molecule has 0 bridgehead atoms. The van der Waals surface area contributed by atoms with Gasteiger partial charge in [0.2, 0.25) is 0 Å². The van der Waals surface area contributed by atoms with Gasteiger partial charge in [0.15, 0.2) is 0 Å². The van der Waals surface area contributed by atoms with Gasteiger partial charge in [0.05, 0.1) is 12.7 Å². The summed E-state index contributed by atoms with van der Waals surface area (Å²) in [4.78, 5) is 15.3. The third-order valence-corrected chi connectivity index (χ3v) is 9.41. The fourth-order valence-electron chi connectivity index (χ4n) is 6.83. The van der Waals surface area contributed by atoms with E-state index in [4.69, 9.17) is 4.74 Å². The number of aromatic nitrogens is 4. The number of hydrogen-bond acceptors (Lipinski definition) is 3. The van der Waals surface area contributed by atoms with Crippen molar-refractivity contribution in [1.29, 1.82) is 0 Å². The number of halogens is 4. The van der Waals surface area contributed by atoms with Crippen LogP contribution in [-0.2, 0) is 41.3 Å². The van der Waals surface area contributed by atoms with Crippen molar-refractivity contribution < 1.29 is 22.3 Å². The Morgan fingerprint density at radius 3 is 0.980 bits per heavy atom. The standard InChI is InChI=1S/C40H38F4N4O/c41-33-9-1-29(2-10-33)21-39(37-25-45-27-47-37,22-30-3-11-34(42)12-4-30)17-19-49-20-18-40(38-26-46-28-48-38,23-31-5-13-35(43)14-6-31)24-32-7-15-36(44)16-8-32/h1-16,25-28H,17-24H2,(H,45,47)(H,46,48). The Morgan fingerprint density at radius 2 is 0.735 bits per heavy atom. The van der Waals surface area contributed by atoms with Gasteiger partial charge < -0.3 is 14.7 Å². The molecular weight excluding hydrogens is 628 g/mol. The van der Waals surface area contributed by atoms with Crippen molar-refractivity contribution in [2.24, 2.45) is 0 Å². The van der Waals surface area contributed by atoms with E-state index in [1.165, 1.54) is 48.5 Å². The van der Waals surface area contributed by atoms with Crippen molar-refractivity contribution in [3.8, 4) is 0 Å². The number of aromatic amines is 2. The second-order valence-corrected chi connectivity index (χ2v) is 12.8. The van der Waals surface area contributed by atoms with Crippen LogP contribution < -0.4 is 0 Å². The molecule has 5 nitrogen and oxygen atoms in total. The summed E-state index contributed by atoms with van der Waals surface area (Å²) >= 11 is 0. The normalized spacial score (nSPS) is 12.0. The first-order valence-electron chi connectivity index (χ1n) is 16.3. The first kappa shape index (κ1) is 33.9. The summed E-state index contributed by atoms with van der Waals surface area (Å²) in [7, 11) is 0. The second kappa shape index (κ2) is 15.5. The maximum atomic E-state index is 13.9. The fourth-order valence-corrected chi connectivity index (χ4v) is 6.83. The highest BCUT2D eigenvalue weighted by molar-refractivity contribution is 5.31. The highest BCUT2D eigenvalue weighted by Crippen LogP contribution is 2.37. The molecule has 0 aliphatic carbocycles. The van der Waals surface area contributed by atoms with Crippen LogP contribution in [0.25, 0.3) is 0 Å². The molecule has 0 saturated heterocycles. The lowest BCUT2D eigenvalue weighted by atomic mass is 9.71. The van der Waals surface area contributed by atoms with E-state index < -0.39 is 10.8 Å². The maximum Gasteiger partial charge on any atom is 0.123 e. The Hall–Kier alpha value is -5.02. The van der Waals surface area contributed by atoms with Crippen molar-refractivity contribution in [2.75, 3.05) is 13.2 Å². The lowest BCUT2D eigenvalue weighted by molar-refractivity contribution is 0.0935. The molecule has 4 aromatic carbocycles. The van der Waals surface area contributed by atoms with Crippen molar-refractivity contribution >= 4 is 0 Å². The molecule has 0 unspecified atom stereocenters. The van der Waals surface area contributed by atoms with Gasteiger partial charge in [0.1, 0.15) is 23.3 Å². The maximum absolute atomic E-state index is 13.9. The molecule has 252 valence electrons. The van der Waals surface area contributed by atoms with Gasteiger partial charge in [-0.2, -0.15) is 0 Å². The van der Waals surface area contributed by atoms with E-state index in [1.807, 2.05) is 12.4 Å². The molecule has 0 atom stereocenters. The van der Waals surface area contributed by atoms with Crippen LogP contribution in [0.2, 0.25) is 0 Å². The summed E-state index contributed by atoms with van der Waals surface area (Å²) in [5.74, 6) is -1.22. The van der Waals surface area contributed by atoms with Crippen molar-refractivity contribution in [3.63, 3.8) is 0 Å². The van der Waals surface area contributed by atoms with E-state index in [1.54, 1.807) is 61.2 Å². The van der Waals surface area contributed by atoms with Crippen molar-refractivity contribution in [3.05, 3.63) is 179 Å². The van der Waals surface area contributed by atoms with Gasteiger partial charge in [-0.1, -0.05) is 48.5 Å². The molecule has 0 spiro atoms. The van der Waals surface area contributed by atoms with E-state index in [0.717, 1.165) is 33.6 Å². The zero-order chi connectivity index (χ0) is 34.1. The van der Waals surface area contributed by atoms with E-state index in [-0.39, 0.29) is 23.3 Å². The average Bonchev–Trinajstić information content (AvgIpc) is 3.85. The summed E-state index contributed by atoms with van der Waals surface area (Å²) in [5, 5.41) is 0. The molecule has 6 rings (SSSR count). The molecule has 0 aliphatic rings. The third kappa shape index (κ3) is 8.72. The monoisotopic (exact) mass is 666 g/mol. The quantitative estimate of drug-likeness (QED) is 0.0803. The molecule has 2 N–H and O–H groups in total. The summed E-state index contributed by atoms with van der Waals surface area (Å²) in [6.45, 7) is 0.793. The van der Waals surface area contributed by atoms with Crippen LogP contribution in [0, 0.1) is 23.3 Å². The largest absolute Gasteiger partial charge is 0.381 e. The topological polar surface area (TPSA) is 66.6 Å². The molecule has 6 aromatic rings. The number of imidazole rings is 2. The first-order valence-corrected chi connectivity index (χ1v) is 16.3. The number of rotatable bonds is 16. The van der Waals surface area contributed by atoms with Gasteiger partial charge >= 0.3 is 0 Å². The van der Waals surface area contributed by atoms with E-state index >= 15 is 0 Å². The van der Waals surface area contributed by atoms with E-state index in [9.17, 15) is 17.6 Å². The van der Waals surface area contributed by atoms with E-state index in [0.29, 0.717) is 51.7 Å². The molecule has 0 aliphatic heterocycles. The minimum Gasteiger partial charge on any atom is -0.381 e. The van der Waals surface area contributed by atoms with E-state index in [2.05, 4.69) is 19.9 Å². The Balaban J connectivity index is 1.25. The molecule has 9 heteroatoms.